The molecule has 6 heteroatoms. The lowest BCUT2D eigenvalue weighted by molar-refractivity contribution is -0.333. The van der Waals surface area contributed by atoms with Crippen LogP contribution >= 0.6 is 0 Å². The molecule has 0 aromatic rings. The van der Waals surface area contributed by atoms with Gasteiger partial charge in [0.2, 0.25) is 0 Å². The molecular formula is C24H34O6. The van der Waals surface area contributed by atoms with Gasteiger partial charge in [-0.1, -0.05) is 13.0 Å². The summed E-state index contributed by atoms with van der Waals surface area (Å²) >= 11 is 0. The maximum absolute atomic E-state index is 11.9. The molecule has 7 rings (SSSR count). The molecule has 0 amide bonds. The SMILES string of the molecule is C[C@]12CC=C3[C@@H](CC[C@]45CC6(CC[C@]34O5)OCCO6)[C@@H]1CCC1(OCCO1)[C@@]2(C)O. The topological polar surface area (TPSA) is 69.7 Å². The van der Waals surface area contributed by atoms with E-state index in [4.69, 9.17) is 23.7 Å². The van der Waals surface area contributed by atoms with Gasteiger partial charge < -0.3 is 28.8 Å². The fourth-order valence-electron chi connectivity index (χ4n) is 8.69. The van der Waals surface area contributed by atoms with Gasteiger partial charge in [0.05, 0.1) is 26.4 Å². The van der Waals surface area contributed by atoms with Gasteiger partial charge in [-0.05, 0) is 56.4 Å². The van der Waals surface area contributed by atoms with E-state index in [1.54, 1.807) is 0 Å². The molecule has 0 aromatic carbocycles. The van der Waals surface area contributed by atoms with Crippen molar-refractivity contribution < 1.29 is 28.8 Å². The van der Waals surface area contributed by atoms with Crippen LogP contribution < -0.4 is 0 Å². The Morgan fingerprint density at radius 3 is 2.40 bits per heavy atom. The maximum atomic E-state index is 11.9. The van der Waals surface area contributed by atoms with E-state index in [0.717, 1.165) is 51.4 Å². The van der Waals surface area contributed by atoms with E-state index >= 15 is 0 Å². The fraction of sp³-hybridized carbons (Fsp3) is 0.917. The highest BCUT2D eigenvalue weighted by Gasteiger charge is 2.80. The Kier molecular flexibility index (Phi) is 3.50. The first-order chi connectivity index (χ1) is 14.3. The highest BCUT2D eigenvalue weighted by Crippen LogP contribution is 2.74. The third-order valence-corrected chi connectivity index (χ3v) is 10.5. The second-order valence-electron chi connectivity index (χ2n) is 11.3. The van der Waals surface area contributed by atoms with Crippen molar-refractivity contribution in [1.82, 2.24) is 0 Å². The molecule has 4 aliphatic carbocycles. The molecule has 0 aromatic heterocycles. The van der Waals surface area contributed by atoms with Gasteiger partial charge in [-0.25, -0.2) is 0 Å². The second-order valence-corrected chi connectivity index (χ2v) is 11.3. The molecule has 3 heterocycles. The minimum Gasteiger partial charge on any atom is -0.384 e. The van der Waals surface area contributed by atoms with Gasteiger partial charge >= 0.3 is 0 Å². The summed E-state index contributed by atoms with van der Waals surface area (Å²) in [5.41, 5.74) is 0.0355. The number of hydrogen-bond donors (Lipinski definition) is 1. The molecule has 166 valence electrons. The summed E-state index contributed by atoms with van der Waals surface area (Å²) < 4.78 is 30.9. The Bertz CT molecular complexity index is 809. The first-order valence-corrected chi connectivity index (χ1v) is 12.0. The summed E-state index contributed by atoms with van der Waals surface area (Å²) in [6, 6.07) is 0. The maximum Gasteiger partial charge on any atom is 0.197 e. The summed E-state index contributed by atoms with van der Waals surface area (Å²) in [4.78, 5) is 0. The fourth-order valence-corrected chi connectivity index (χ4v) is 8.69. The summed E-state index contributed by atoms with van der Waals surface area (Å²) in [7, 11) is 0. The van der Waals surface area contributed by atoms with E-state index in [0.29, 0.717) is 38.3 Å². The monoisotopic (exact) mass is 418 g/mol. The standard InChI is InChI=1S/C24H34O6/c1-19-6-4-18-16(17(19)5-8-24(20(19,2)25)28-13-14-29-24)3-7-21-15-22(26-11-12-27-22)9-10-23(18,21)30-21/h4,16-17,25H,3,5-15H2,1-2H3/t16-,17-,19-,20-,21-,23-/m0/s1. The molecular weight excluding hydrogens is 384 g/mol. The van der Waals surface area contributed by atoms with Crippen molar-refractivity contribution in [2.75, 3.05) is 26.4 Å². The molecule has 6 fully saturated rings. The first kappa shape index (κ1) is 19.0. The van der Waals surface area contributed by atoms with E-state index in [-0.39, 0.29) is 16.6 Å². The van der Waals surface area contributed by atoms with Crippen molar-refractivity contribution >= 4 is 0 Å². The molecule has 0 radical (unpaired) electrons. The van der Waals surface area contributed by atoms with Crippen LogP contribution in [-0.2, 0) is 23.7 Å². The molecule has 0 bridgehead atoms. The molecule has 0 unspecified atom stereocenters. The number of aliphatic hydroxyl groups is 1. The predicted molar refractivity (Wildman–Crippen MR) is 107 cm³/mol. The lowest BCUT2D eigenvalue weighted by Gasteiger charge is -2.62. The number of rotatable bonds is 0. The van der Waals surface area contributed by atoms with Crippen LogP contribution in [0.25, 0.3) is 0 Å². The zero-order chi connectivity index (χ0) is 20.5. The van der Waals surface area contributed by atoms with Crippen LogP contribution in [0.2, 0.25) is 0 Å². The zero-order valence-corrected chi connectivity index (χ0v) is 18.2. The number of allylic oxidation sites excluding steroid dienone is 1. The molecule has 6 atom stereocenters. The van der Waals surface area contributed by atoms with Crippen molar-refractivity contribution in [3.05, 3.63) is 11.6 Å². The number of hydrogen-bond acceptors (Lipinski definition) is 6. The molecule has 3 saturated heterocycles. The largest absolute Gasteiger partial charge is 0.384 e. The van der Waals surface area contributed by atoms with E-state index < -0.39 is 17.2 Å². The van der Waals surface area contributed by atoms with Crippen LogP contribution in [0.3, 0.4) is 0 Å². The Hall–Kier alpha value is -0.500. The van der Waals surface area contributed by atoms with E-state index in [1.165, 1.54) is 5.57 Å². The van der Waals surface area contributed by atoms with Crippen molar-refractivity contribution in [1.29, 1.82) is 0 Å². The van der Waals surface area contributed by atoms with Gasteiger partial charge in [0.25, 0.3) is 0 Å². The van der Waals surface area contributed by atoms with Gasteiger partial charge in [0.1, 0.15) is 16.8 Å². The van der Waals surface area contributed by atoms with Crippen molar-refractivity contribution in [2.24, 2.45) is 17.3 Å². The Morgan fingerprint density at radius 1 is 0.900 bits per heavy atom. The van der Waals surface area contributed by atoms with Crippen LogP contribution in [0.4, 0.5) is 0 Å². The molecule has 30 heavy (non-hydrogen) atoms. The Labute approximate surface area is 178 Å². The highest BCUT2D eigenvalue weighted by molar-refractivity contribution is 5.43. The summed E-state index contributed by atoms with van der Waals surface area (Å²) in [6.45, 7) is 6.78. The average Bonchev–Trinajstić information content (AvgIpc) is 3.01. The van der Waals surface area contributed by atoms with Gasteiger partial charge in [-0.15, -0.1) is 0 Å². The molecule has 1 N–H and O–H groups in total. The van der Waals surface area contributed by atoms with Gasteiger partial charge in [0.15, 0.2) is 11.6 Å². The Balaban J connectivity index is 1.24. The van der Waals surface area contributed by atoms with Crippen molar-refractivity contribution in [3.8, 4) is 0 Å². The predicted octanol–water partition coefficient (Wildman–Crippen LogP) is 3.07. The lowest BCUT2D eigenvalue weighted by atomic mass is 9.46. The van der Waals surface area contributed by atoms with Crippen LogP contribution in [0.5, 0.6) is 0 Å². The second kappa shape index (κ2) is 5.52. The summed E-state index contributed by atoms with van der Waals surface area (Å²) in [5.74, 6) is -0.347. The van der Waals surface area contributed by atoms with Crippen LogP contribution in [-0.4, -0.2) is 59.9 Å². The van der Waals surface area contributed by atoms with E-state index in [2.05, 4.69) is 13.0 Å². The quantitative estimate of drug-likeness (QED) is 0.482. The molecule has 2 spiro atoms. The summed E-state index contributed by atoms with van der Waals surface area (Å²) in [5, 5.41) is 11.9. The summed E-state index contributed by atoms with van der Waals surface area (Å²) in [6.07, 6.45) is 10.1. The molecule has 3 aliphatic heterocycles. The molecule has 6 nitrogen and oxygen atoms in total. The van der Waals surface area contributed by atoms with E-state index in [9.17, 15) is 5.11 Å². The zero-order valence-electron chi connectivity index (χ0n) is 18.2. The Morgan fingerprint density at radius 2 is 1.63 bits per heavy atom. The average molecular weight is 419 g/mol. The van der Waals surface area contributed by atoms with Crippen LogP contribution in [0.15, 0.2) is 11.6 Å². The lowest BCUT2D eigenvalue weighted by Crippen LogP contribution is -2.69. The first-order valence-electron chi connectivity index (χ1n) is 12.0. The number of ether oxygens (including phenoxy) is 5. The van der Waals surface area contributed by atoms with Crippen LogP contribution in [0.1, 0.15) is 65.2 Å². The number of fused-ring (bicyclic) bond motifs is 3. The molecule has 7 aliphatic rings. The van der Waals surface area contributed by atoms with Crippen molar-refractivity contribution in [2.45, 2.75) is 93.6 Å². The van der Waals surface area contributed by atoms with Gasteiger partial charge in [0, 0.05) is 24.7 Å². The highest BCUT2D eigenvalue weighted by atomic mass is 16.8. The van der Waals surface area contributed by atoms with Crippen LogP contribution in [0, 0.1) is 17.3 Å². The minimum absolute atomic E-state index is 0.0955. The van der Waals surface area contributed by atoms with E-state index in [1.807, 2.05) is 6.92 Å². The van der Waals surface area contributed by atoms with Gasteiger partial charge in [-0.3, -0.25) is 0 Å². The minimum atomic E-state index is -1.01. The normalized spacial score (nSPS) is 54.8. The molecule has 3 saturated carbocycles. The van der Waals surface area contributed by atoms with Crippen molar-refractivity contribution in [3.63, 3.8) is 0 Å². The third kappa shape index (κ3) is 1.95. The third-order valence-electron chi connectivity index (χ3n) is 10.5. The smallest absolute Gasteiger partial charge is 0.197 e. The number of epoxide rings is 1. The van der Waals surface area contributed by atoms with Gasteiger partial charge in [-0.2, -0.15) is 0 Å².